The average Bonchev–Trinajstić information content (AvgIpc) is 2.44. The number of esters is 1. The standard InChI is InChI=1S/C15H18F2N2O3.ClH/c1-22-14(20)4-5-19(15(21)11-7-18-8-11)9-10-2-3-12(16)13(17)6-10;/h2-3,6,11,18H,4-5,7-9H2,1H3;1H. The molecule has 0 aliphatic carbocycles. The third-order valence-electron chi connectivity index (χ3n) is 3.61. The lowest BCUT2D eigenvalue weighted by molar-refractivity contribution is -0.143. The van der Waals surface area contributed by atoms with Crippen molar-refractivity contribution in [1.82, 2.24) is 10.2 Å². The lowest BCUT2D eigenvalue weighted by Crippen LogP contribution is -2.52. The number of nitrogens with zero attached hydrogens (tertiary/aromatic N) is 1. The quantitative estimate of drug-likeness (QED) is 0.791. The molecule has 0 unspecified atom stereocenters. The van der Waals surface area contributed by atoms with Crippen molar-refractivity contribution in [3.05, 3.63) is 35.4 Å². The summed E-state index contributed by atoms with van der Waals surface area (Å²) < 4.78 is 30.8. The summed E-state index contributed by atoms with van der Waals surface area (Å²) >= 11 is 0. The first kappa shape index (κ1) is 19.3. The highest BCUT2D eigenvalue weighted by Crippen LogP contribution is 2.15. The molecule has 23 heavy (non-hydrogen) atoms. The summed E-state index contributed by atoms with van der Waals surface area (Å²) in [6.45, 7) is 1.49. The number of rotatable bonds is 6. The zero-order valence-corrected chi connectivity index (χ0v) is 13.5. The van der Waals surface area contributed by atoms with Crippen LogP contribution in [0.3, 0.4) is 0 Å². The molecule has 1 saturated heterocycles. The van der Waals surface area contributed by atoms with Gasteiger partial charge in [-0.3, -0.25) is 9.59 Å². The first-order chi connectivity index (χ1) is 10.5. The van der Waals surface area contributed by atoms with Crippen molar-refractivity contribution in [3.63, 3.8) is 0 Å². The fraction of sp³-hybridized carbons (Fsp3) is 0.467. The lowest BCUT2D eigenvalue weighted by Gasteiger charge is -2.32. The molecule has 1 N–H and O–H groups in total. The Bertz CT molecular complexity index is 568. The summed E-state index contributed by atoms with van der Waals surface area (Å²) in [5.74, 6) is -2.55. The Morgan fingerprint density at radius 3 is 2.52 bits per heavy atom. The van der Waals surface area contributed by atoms with E-state index in [0.717, 1.165) is 12.1 Å². The molecule has 1 aromatic rings. The van der Waals surface area contributed by atoms with E-state index in [1.165, 1.54) is 18.1 Å². The van der Waals surface area contributed by atoms with Crippen LogP contribution in [-0.2, 0) is 20.9 Å². The molecular formula is C15H19ClF2N2O3. The van der Waals surface area contributed by atoms with Gasteiger partial charge < -0.3 is 15.0 Å². The van der Waals surface area contributed by atoms with Crippen LogP contribution >= 0.6 is 12.4 Å². The monoisotopic (exact) mass is 348 g/mol. The molecule has 0 bridgehead atoms. The second-order valence-electron chi connectivity index (χ2n) is 5.19. The van der Waals surface area contributed by atoms with Gasteiger partial charge in [-0.1, -0.05) is 6.07 Å². The Morgan fingerprint density at radius 1 is 1.30 bits per heavy atom. The number of methoxy groups -OCH3 is 1. The third-order valence-corrected chi connectivity index (χ3v) is 3.61. The maximum Gasteiger partial charge on any atom is 0.307 e. The number of carbonyl (C=O) groups is 2. The zero-order valence-electron chi connectivity index (χ0n) is 12.7. The molecule has 8 heteroatoms. The molecule has 1 aliphatic heterocycles. The Hall–Kier alpha value is -1.73. The largest absolute Gasteiger partial charge is 0.469 e. The molecule has 0 aromatic heterocycles. The maximum atomic E-state index is 13.3. The van der Waals surface area contributed by atoms with Crippen LogP contribution < -0.4 is 5.32 Å². The summed E-state index contributed by atoms with van der Waals surface area (Å²) in [5.41, 5.74) is 0.476. The molecule has 1 heterocycles. The van der Waals surface area contributed by atoms with E-state index < -0.39 is 17.6 Å². The summed E-state index contributed by atoms with van der Waals surface area (Å²) in [7, 11) is 1.28. The van der Waals surface area contributed by atoms with Crippen LogP contribution in [0.1, 0.15) is 12.0 Å². The molecule has 0 spiro atoms. The van der Waals surface area contributed by atoms with Crippen LogP contribution in [0.15, 0.2) is 18.2 Å². The highest BCUT2D eigenvalue weighted by atomic mass is 35.5. The molecule has 0 radical (unpaired) electrons. The normalized spacial score (nSPS) is 13.7. The van der Waals surface area contributed by atoms with Gasteiger partial charge in [0.05, 0.1) is 19.4 Å². The predicted octanol–water partition coefficient (Wildman–Crippen LogP) is 1.50. The first-order valence-electron chi connectivity index (χ1n) is 7.01. The van der Waals surface area contributed by atoms with Crippen molar-refractivity contribution in [2.24, 2.45) is 5.92 Å². The Balaban J connectivity index is 0.00000264. The second-order valence-corrected chi connectivity index (χ2v) is 5.19. The Labute approximate surface area is 139 Å². The van der Waals surface area contributed by atoms with Gasteiger partial charge in [-0.05, 0) is 17.7 Å². The number of nitrogens with one attached hydrogen (secondary N) is 1. The van der Waals surface area contributed by atoms with Crippen molar-refractivity contribution < 1.29 is 23.1 Å². The van der Waals surface area contributed by atoms with Gasteiger partial charge in [0.25, 0.3) is 0 Å². The Morgan fingerprint density at radius 2 is 2.00 bits per heavy atom. The summed E-state index contributed by atoms with van der Waals surface area (Å²) in [6.07, 6.45) is 0.0616. The van der Waals surface area contributed by atoms with E-state index in [0.29, 0.717) is 18.7 Å². The summed E-state index contributed by atoms with van der Waals surface area (Å²) in [5, 5.41) is 3.00. The number of carbonyl (C=O) groups excluding carboxylic acids is 2. The van der Waals surface area contributed by atoms with E-state index in [1.807, 2.05) is 0 Å². The highest BCUT2D eigenvalue weighted by molar-refractivity contribution is 5.85. The van der Waals surface area contributed by atoms with Gasteiger partial charge >= 0.3 is 5.97 Å². The van der Waals surface area contributed by atoms with Gasteiger partial charge in [0.15, 0.2) is 11.6 Å². The molecule has 0 atom stereocenters. The van der Waals surface area contributed by atoms with E-state index in [1.54, 1.807) is 0 Å². The van der Waals surface area contributed by atoms with E-state index in [-0.39, 0.29) is 43.7 Å². The first-order valence-corrected chi connectivity index (χ1v) is 7.01. The fourth-order valence-electron chi connectivity index (χ4n) is 2.18. The molecule has 1 amide bonds. The van der Waals surface area contributed by atoms with Crippen molar-refractivity contribution in [3.8, 4) is 0 Å². The van der Waals surface area contributed by atoms with Gasteiger partial charge in [-0.15, -0.1) is 12.4 Å². The average molecular weight is 349 g/mol. The highest BCUT2D eigenvalue weighted by Gasteiger charge is 2.29. The number of benzene rings is 1. The second kappa shape index (κ2) is 8.79. The number of hydrogen-bond donors (Lipinski definition) is 1. The minimum atomic E-state index is -0.955. The number of ether oxygens (including phenoxy) is 1. The minimum Gasteiger partial charge on any atom is -0.469 e. The van der Waals surface area contributed by atoms with Gasteiger partial charge in [0.1, 0.15) is 0 Å². The van der Waals surface area contributed by atoms with E-state index in [9.17, 15) is 18.4 Å². The lowest BCUT2D eigenvalue weighted by atomic mass is 10.0. The van der Waals surface area contributed by atoms with Crippen LogP contribution in [0.5, 0.6) is 0 Å². The van der Waals surface area contributed by atoms with Gasteiger partial charge in [0.2, 0.25) is 5.91 Å². The predicted molar refractivity (Wildman–Crippen MR) is 82.0 cm³/mol. The van der Waals surface area contributed by atoms with E-state index in [4.69, 9.17) is 0 Å². The van der Waals surface area contributed by atoms with E-state index >= 15 is 0 Å². The van der Waals surface area contributed by atoms with E-state index in [2.05, 4.69) is 10.1 Å². The van der Waals surface area contributed by atoms with Crippen molar-refractivity contribution in [2.45, 2.75) is 13.0 Å². The summed E-state index contributed by atoms with van der Waals surface area (Å²) in [6, 6.07) is 3.52. The number of halogens is 3. The van der Waals surface area contributed by atoms with Crippen LogP contribution in [0.4, 0.5) is 8.78 Å². The molecule has 1 aromatic carbocycles. The maximum absolute atomic E-state index is 13.3. The van der Waals surface area contributed by atoms with Crippen molar-refractivity contribution in [1.29, 1.82) is 0 Å². The molecule has 1 fully saturated rings. The zero-order chi connectivity index (χ0) is 16.1. The molecule has 0 saturated carbocycles. The van der Waals surface area contributed by atoms with Crippen molar-refractivity contribution >= 4 is 24.3 Å². The third kappa shape index (κ3) is 5.14. The Kier molecular flexibility index (Phi) is 7.38. The van der Waals surface area contributed by atoms with Crippen molar-refractivity contribution in [2.75, 3.05) is 26.7 Å². The smallest absolute Gasteiger partial charge is 0.307 e. The topological polar surface area (TPSA) is 58.6 Å². The number of hydrogen-bond acceptors (Lipinski definition) is 4. The minimum absolute atomic E-state index is 0. The van der Waals surface area contributed by atoms with Crippen LogP contribution in [0.25, 0.3) is 0 Å². The van der Waals surface area contributed by atoms with Gasteiger partial charge in [0, 0.05) is 26.2 Å². The molecule has 1 aliphatic rings. The molecule has 2 rings (SSSR count). The van der Waals surface area contributed by atoms with Crippen LogP contribution in [0, 0.1) is 17.6 Å². The van der Waals surface area contributed by atoms with Gasteiger partial charge in [-0.25, -0.2) is 8.78 Å². The molecule has 5 nitrogen and oxygen atoms in total. The SMILES string of the molecule is COC(=O)CCN(Cc1ccc(F)c(F)c1)C(=O)C1CNC1.Cl. The van der Waals surface area contributed by atoms with Crippen LogP contribution in [0.2, 0.25) is 0 Å². The van der Waals surface area contributed by atoms with Crippen LogP contribution in [-0.4, -0.2) is 43.5 Å². The van der Waals surface area contributed by atoms with Gasteiger partial charge in [-0.2, -0.15) is 0 Å². The number of amides is 1. The summed E-state index contributed by atoms with van der Waals surface area (Å²) in [4.78, 5) is 25.1. The molecular weight excluding hydrogens is 330 g/mol. The molecule has 128 valence electrons. The fourth-order valence-corrected chi connectivity index (χ4v) is 2.18.